The summed E-state index contributed by atoms with van der Waals surface area (Å²) in [5.74, 6) is 2.67. The van der Waals surface area contributed by atoms with Crippen LogP contribution in [0.3, 0.4) is 0 Å². The second-order valence-electron chi connectivity index (χ2n) is 7.50. The standard InChI is InChI=1S/C26H23NO2/c1-2-8-23(9-3-1)28-24-13-10-20(11-14-24)17-27-18-26(19-27)29-25-15-12-21-6-4-5-7-22(21)16-25/h1-16,26H,17-19H2. The van der Waals surface area contributed by atoms with Crippen LogP contribution in [0, 0.1) is 0 Å². The molecule has 0 aliphatic carbocycles. The van der Waals surface area contributed by atoms with E-state index in [1.807, 2.05) is 42.5 Å². The molecule has 0 atom stereocenters. The van der Waals surface area contributed by atoms with Gasteiger partial charge in [-0.1, -0.05) is 60.7 Å². The molecule has 0 radical (unpaired) electrons. The minimum atomic E-state index is 0.261. The Morgan fingerprint density at radius 1 is 0.655 bits per heavy atom. The average molecular weight is 381 g/mol. The van der Waals surface area contributed by atoms with Crippen LogP contribution < -0.4 is 9.47 Å². The van der Waals surface area contributed by atoms with Crippen LogP contribution in [0.4, 0.5) is 0 Å². The van der Waals surface area contributed by atoms with Crippen LogP contribution in [0.2, 0.25) is 0 Å². The molecule has 1 heterocycles. The van der Waals surface area contributed by atoms with Crippen LogP contribution in [0.5, 0.6) is 17.2 Å². The topological polar surface area (TPSA) is 21.7 Å². The predicted molar refractivity (Wildman–Crippen MR) is 117 cm³/mol. The van der Waals surface area contributed by atoms with E-state index in [4.69, 9.17) is 9.47 Å². The smallest absolute Gasteiger partial charge is 0.127 e. The van der Waals surface area contributed by atoms with E-state index in [1.54, 1.807) is 0 Å². The summed E-state index contributed by atoms with van der Waals surface area (Å²) < 4.78 is 12.0. The van der Waals surface area contributed by atoms with Gasteiger partial charge in [0.1, 0.15) is 23.4 Å². The summed E-state index contributed by atoms with van der Waals surface area (Å²) in [6.45, 7) is 2.84. The highest BCUT2D eigenvalue weighted by molar-refractivity contribution is 5.83. The van der Waals surface area contributed by atoms with Crippen molar-refractivity contribution in [3.05, 3.63) is 103 Å². The number of ether oxygens (including phenoxy) is 2. The van der Waals surface area contributed by atoms with Gasteiger partial charge in [-0.3, -0.25) is 4.90 Å². The summed E-state index contributed by atoms with van der Waals surface area (Å²) >= 11 is 0. The Kier molecular flexibility index (Phi) is 4.89. The lowest BCUT2D eigenvalue weighted by atomic mass is 10.1. The molecule has 0 aromatic heterocycles. The van der Waals surface area contributed by atoms with E-state index in [0.29, 0.717) is 0 Å². The van der Waals surface area contributed by atoms with Gasteiger partial charge in [0.05, 0.1) is 0 Å². The normalized spacial score (nSPS) is 14.5. The number of likely N-dealkylation sites (tertiary alicyclic amines) is 1. The highest BCUT2D eigenvalue weighted by atomic mass is 16.5. The van der Waals surface area contributed by atoms with Crippen molar-refractivity contribution in [3.8, 4) is 17.2 Å². The Balaban J connectivity index is 1.12. The van der Waals surface area contributed by atoms with Gasteiger partial charge in [0.2, 0.25) is 0 Å². The van der Waals surface area contributed by atoms with Crippen LogP contribution in [0.1, 0.15) is 5.56 Å². The van der Waals surface area contributed by atoms with Crippen LogP contribution in [-0.2, 0) is 6.54 Å². The maximum Gasteiger partial charge on any atom is 0.127 e. The molecule has 3 nitrogen and oxygen atoms in total. The first-order chi connectivity index (χ1) is 14.3. The molecule has 0 amide bonds. The van der Waals surface area contributed by atoms with Crippen molar-refractivity contribution in [1.82, 2.24) is 4.90 Å². The van der Waals surface area contributed by atoms with E-state index in [9.17, 15) is 0 Å². The fourth-order valence-corrected chi connectivity index (χ4v) is 3.71. The van der Waals surface area contributed by atoms with E-state index >= 15 is 0 Å². The predicted octanol–water partition coefficient (Wildman–Crippen LogP) is 5.90. The molecule has 1 aliphatic rings. The van der Waals surface area contributed by atoms with Gasteiger partial charge in [0.15, 0.2) is 0 Å². The zero-order valence-corrected chi connectivity index (χ0v) is 16.2. The molecule has 0 unspecified atom stereocenters. The van der Waals surface area contributed by atoms with Gasteiger partial charge < -0.3 is 9.47 Å². The maximum absolute atomic E-state index is 6.15. The van der Waals surface area contributed by atoms with Gasteiger partial charge in [0, 0.05) is 19.6 Å². The van der Waals surface area contributed by atoms with Crippen molar-refractivity contribution in [3.63, 3.8) is 0 Å². The lowest BCUT2D eigenvalue weighted by Gasteiger charge is -2.39. The first-order valence-electron chi connectivity index (χ1n) is 10.0. The zero-order chi connectivity index (χ0) is 19.5. The molecule has 0 saturated carbocycles. The number of para-hydroxylation sites is 1. The van der Waals surface area contributed by atoms with Gasteiger partial charge in [-0.2, -0.15) is 0 Å². The Morgan fingerprint density at radius 3 is 2.10 bits per heavy atom. The summed E-state index contributed by atoms with van der Waals surface area (Å²) in [5, 5.41) is 2.47. The molecular weight excluding hydrogens is 358 g/mol. The highest BCUT2D eigenvalue weighted by Gasteiger charge is 2.28. The van der Waals surface area contributed by atoms with Crippen LogP contribution in [0.15, 0.2) is 97.1 Å². The van der Waals surface area contributed by atoms with Crippen LogP contribution in [0.25, 0.3) is 10.8 Å². The number of fused-ring (bicyclic) bond motifs is 1. The minimum Gasteiger partial charge on any atom is -0.488 e. The van der Waals surface area contributed by atoms with E-state index in [1.165, 1.54) is 16.3 Å². The molecular formula is C26H23NO2. The van der Waals surface area contributed by atoms with Crippen molar-refractivity contribution < 1.29 is 9.47 Å². The molecule has 1 saturated heterocycles. The molecule has 0 spiro atoms. The third-order valence-corrected chi connectivity index (χ3v) is 5.26. The Morgan fingerprint density at radius 2 is 1.31 bits per heavy atom. The molecule has 1 aliphatic heterocycles. The quantitative estimate of drug-likeness (QED) is 0.415. The molecule has 1 fully saturated rings. The molecule has 5 rings (SSSR count). The van der Waals surface area contributed by atoms with Crippen molar-refractivity contribution in [2.45, 2.75) is 12.6 Å². The summed E-state index contributed by atoms with van der Waals surface area (Å²) in [5.41, 5.74) is 1.29. The molecule has 0 N–H and O–H groups in total. The second-order valence-corrected chi connectivity index (χ2v) is 7.50. The lowest BCUT2D eigenvalue weighted by Crippen LogP contribution is -2.53. The summed E-state index contributed by atoms with van der Waals surface area (Å²) in [7, 11) is 0. The Labute approximate surface area is 171 Å². The average Bonchev–Trinajstić information content (AvgIpc) is 2.74. The Bertz CT molecular complexity index is 1090. The number of hydrogen-bond donors (Lipinski definition) is 0. The van der Waals surface area contributed by atoms with Gasteiger partial charge in [-0.05, 0) is 52.7 Å². The van der Waals surface area contributed by atoms with Gasteiger partial charge in [0.25, 0.3) is 0 Å². The van der Waals surface area contributed by atoms with E-state index in [0.717, 1.165) is 36.9 Å². The summed E-state index contributed by atoms with van der Waals surface area (Å²) in [6, 6.07) is 32.9. The fraction of sp³-hybridized carbons (Fsp3) is 0.154. The number of hydrogen-bond acceptors (Lipinski definition) is 3. The number of rotatable bonds is 6. The molecule has 3 heteroatoms. The first kappa shape index (κ1) is 17.8. The van der Waals surface area contributed by atoms with E-state index in [2.05, 4.69) is 59.5 Å². The third kappa shape index (κ3) is 4.25. The SMILES string of the molecule is c1ccc(Oc2ccc(CN3CC(Oc4ccc5ccccc5c4)C3)cc2)cc1. The molecule has 4 aromatic carbocycles. The third-order valence-electron chi connectivity index (χ3n) is 5.26. The number of benzene rings is 4. The van der Waals surface area contributed by atoms with Crippen molar-refractivity contribution in [1.29, 1.82) is 0 Å². The number of nitrogens with zero attached hydrogens (tertiary/aromatic N) is 1. The molecule has 29 heavy (non-hydrogen) atoms. The van der Waals surface area contributed by atoms with Gasteiger partial charge in [-0.25, -0.2) is 0 Å². The molecule has 144 valence electrons. The summed E-state index contributed by atoms with van der Waals surface area (Å²) in [4.78, 5) is 2.40. The molecule has 4 aromatic rings. The summed E-state index contributed by atoms with van der Waals surface area (Å²) in [6.07, 6.45) is 0.261. The monoisotopic (exact) mass is 381 g/mol. The molecule has 0 bridgehead atoms. The zero-order valence-electron chi connectivity index (χ0n) is 16.2. The van der Waals surface area contributed by atoms with Crippen molar-refractivity contribution >= 4 is 10.8 Å². The van der Waals surface area contributed by atoms with Gasteiger partial charge in [-0.15, -0.1) is 0 Å². The van der Waals surface area contributed by atoms with Crippen LogP contribution >= 0.6 is 0 Å². The van der Waals surface area contributed by atoms with E-state index < -0.39 is 0 Å². The van der Waals surface area contributed by atoms with Crippen molar-refractivity contribution in [2.75, 3.05) is 13.1 Å². The van der Waals surface area contributed by atoms with E-state index in [-0.39, 0.29) is 6.10 Å². The largest absolute Gasteiger partial charge is 0.488 e. The second kappa shape index (κ2) is 7.98. The maximum atomic E-state index is 6.15. The van der Waals surface area contributed by atoms with Crippen molar-refractivity contribution in [2.24, 2.45) is 0 Å². The first-order valence-corrected chi connectivity index (χ1v) is 10.0. The fourth-order valence-electron chi connectivity index (χ4n) is 3.71. The van der Waals surface area contributed by atoms with Crippen LogP contribution in [-0.4, -0.2) is 24.1 Å². The lowest BCUT2D eigenvalue weighted by molar-refractivity contribution is 0.0146. The van der Waals surface area contributed by atoms with Gasteiger partial charge >= 0.3 is 0 Å². The highest BCUT2D eigenvalue weighted by Crippen LogP contribution is 2.25. The Hall–Kier alpha value is -3.30. The minimum absolute atomic E-state index is 0.261.